The van der Waals surface area contributed by atoms with Crippen LogP contribution in [0.1, 0.15) is 47.1 Å². The summed E-state index contributed by atoms with van der Waals surface area (Å²) in [4.78, 5) is 2.16. The predicted molar refractivity (Wildman–Crippen MR) is 162 cm³/mol. The zero-order chi connectivity index (χ0) is 29.2. The molecule has 0 bridgehead atoms. The van der Waals surface area contributed by atoms with Crippen molar-refractivity contribution >= 4 is 20.4 Å². The topological polar surface area (TPSA) is 61.8 Å². The number of rotatable bonds is 8. The lowest BCUT2D eigenvalue weighted by Gasteiger charge is -2.41. The van der Waals surface area contributed by atoms with Gasteiger partial charge in [-0.15, -0.1) is 0 Å². The van der Waals surface area contributed by atoms with E-state index in [1.54, 1.807) is 24.3 Å². The molecular weight excluding hydrogens is 540 g/mol. The number of aryl methyl sites for hydroxylation is 1. The highest BCUT2D eigenvalue weighted by Gasteiger charge is 2.41. The molecule has 0 aliphatic rings. The molecule has 0 aliphatic carbocycles. The molecule has 0 saturated heterocycles. The maximum atomic E-state index is 14.1. The van der Waals surface area contributed by atoms with E-state index in [0.717, 1.165) is 15.4 Å². The number of hydrogen-bond acceptors (Lipinski definition) is 5. The molecule has 0 aliphatic heterocycles. The van der Waals surface area contributed by atoms with Crippen molar-refractivity contribution in [2.75, 3.05) is 0 Å². The number of ether oxygens (including phenoxy) is 2. The van der Waals surface area contributed by atoms with Crippen LogP contribution in [0.25, 0.3) is 0 Å². The first-order valence-electron chi connectivity index (χ1n) is 13.2. The minimum atomic E-state index is -4.23. The molecule has 0 radical (unpaired) electrons. The molecule has 0 spiro atoms. The molecular formula is C33H38O5S2. The van der Waals surface area contributed by atoms with Crippen LogP contribution in [0, 0.1) is 6.92 Å². The van der Waals surface area contributed by atoms with Crippen LogP contribution in [-0.2, 0) is 13.7 Å². The van der Waals surface area contributed by atoms with Gasteiger partial charge in [-0.2, -0.15) is 8.42 Å². The van der Waals surface area contributed by atoms with Crippen molar-refractivity contribution < 1.29 is 21.5 Å². The second-order valence-electron chi connectivity index (χ2n) is 11.6. The van der Waals surface area contributed by atoms with Crippen molar-refractivity contribution in [3.63, 3.8) is 0 Å². The summed E-state index contributed by atoms with van der Waals surface area (Å²) in [5.74, 6) is 1.11. The van der Waals surface area contributed by atoms with Crippen molar-refractivity contribution in [3.05, 3.63) is 109 Å². The van der Waals surface area contributed by atoms with Crippen molar-refractivity contribution in [2.24, 2.45) is 0 Å². The lowest BCUT2D eigenvalue weighted by atomic mass is 10.2. The fraction of sp³-hybridized carbons (Fsp3) is 0.273. The minimum absolute atomic E-state index is 0.0906. The zero-order valence-electron chi connectivity index (χ0n) is 24.2. The van der Waals surface area contributed by atoms with Gasteiger partial charge in [0, 0.05) is 15.9 Å². The van der Waals surface area contributed by atoms with E-state index in [-0.39, 0.29) is 4.90 Å². The highest BCUT2D eigenvalue weighted by Crippen LogP contribution is 2.72. The molecule has 0 aromatic heterocycles. The van der Waals surface area contributed by atoms with Crippen LogP contribution in [0.5, 0.6) is 11.5 Å². The molecule has 212 valence electrons. The third-order valence-electron chi connectivity index (χ3n) is 5.72. The van der Waals surface area contributed by atoms with Crippen LogP contribution < -0.4 is 9.47 Å². The minimum Gasteiger partial charge on any atom is -0.488 e. The molecule has 7 heteroatoms. The normalized spacial score (nSPS) is 13.1. The van der Waals surface area contributed by atoms with Gasteiger partial charge in [0.1, 0.15) is 22.7 Å². The van der Waals surface area contributed by atoms with E-state index >= 15 is 0 Å². The Morgan fingerprint density at radius 2 is 1.07 bits per heavy atom. The second kappa shape index (κ2) is 11.3. The molecule has 0 heterocycles. The molecule has 0 amide bonds. The van der Waals surface area contributed by atoms with Gasteiger partial charge < -0.3 is 9.47 Å². The fourth-order valence-corrected chi connectivity index (χ4v) is 9.45. The van der Waals surface area contributed by atoms with Gasteiger partial charge in [0.05, 0.1) is 9.79 Å². The summed E-state index contributed by atoms with van der Waals surface area (Å²) in [5.41, 5.74) is -0.0584. The Bertz CT molecular complexity index is 1500. The van der Waals surface area contributed by atoms with Crippen LogP contribution in [0.3, 0.4) is 0 Å². The number of hydrogen-bond donors (Lipinski definition) is 0. The third kappa shape index (κ3) is 6.89. The van der Waals surface area contributed by atoms with Crippen LogP contribution >= 0.6 is 10.3 Å². The van der Waals surface area contributed by atoms with Crippen LogP contribution in [0.4, 0.5) is 0 Å². The largest absolute Gasteiger partial charge is 0.488 e. The first kappa shape index (κ1) is 29.7. The Morgan fingerprint density at radius 3 is 1.55 bits per heavy atom. The average Bonchev–Trinajstić information content (AvgIpc) is 2.87. The third-order valence-corrected chi connectivity index (χ3v) is 10.9. The summed E-state index contributed by atoms with van der Waals surface area (Å²) in [7, 11) is -7.11. The van der Waals surface area contributed by atoms with Crippen molar-refractivity contribution in [2.45, 2.75) is 79.3 Å². The van der Waals surface area contributed by atoms with E-state index in [9.17, 15) is 8.42 Å². The van der Waals surface area contributed by atoms with Gasteiger partial charge in [-0.3, -0.25) is 0 Å². The molecule has 4 rings (SSSR count). The summed E-state index contributed by atoms with van der Waals surface area (Å²) in [6, 6.07) is 31.3. The van der Waals surface area contributed by atoms with Gasteiger partial charge in [0.2, 0.25) is 0 Å². The highest BCUT2D eigenvalue weighted by atomic mass is 32.3. The summed E-state index contributed by atoms with van der Waals surface area (Å²) >= 11 is 0. The molecule has 0 atom stereocenters. The highest BCUT2D eigenvalue weighted by molar-refractivity contribution is 8.33. The number of benzene rings is 4. The lowest BCUT2D eigenvalue weighted by Crippen LogP contribution is -2.25. The van der Waals surface area contributed by atoms with Gasteiger partial charge in [-0.1, -0.05) is 54.1 Å². The molecule has 4 aromatic rings. The van der Waals surface area contributed by atoms with E-state index in [1.807, 2.05) is 127 Å². The molecule has 0 N–H and O–H groups in total. The van der Waals surface area contributed by atoms with E-state index in [4.69, 9.17) is 13.1 Å². The quantitative estimate of drug-likeness (QED) is 0.209. The van der Waals surface area contributed by atoms with Crippen LogP contribution in [0.2, 0.25) is 0 Å². The van der Waals surface area contributed by atoms with Gasteiger partial charge in [0.25, 0.3) is 0 Å². The maximum absolute atomic E-state index is 14.1. The van der Waals surface area contributed by atoms with E-state index < -0.39 is 31.6 Å². The summed E-state index contributed by atoms with van der Waals surface area (Å²) in [5, 5.41) is 0. The molecule has 40 heavy (non-hydrogen) atoms. The maximum Gasteiger partial charge on any atom is 0.307 e. The molecule has 0 fully saturated rings. The Hall–Kier alpha value is -3.26. The molecule has 0 unspecified atom stereocenters. The standard InChI is InChI=1S/C33H38O5S2/c1-25-18-21-29(22-19-25)40(34,35)38-39(27-14-10-8-11-15-27,28-16-12-9-13-17-28)31-23-20-26(36-32(2,3)4)24-30(31)37-33(5,6)7/h8-24H,1-7H3. The monoisotopic (exact) mass is 578 g/mol. The van der Waals surface area contributed by atoms with Crippen molar-refractivity contribution in [1.82, 2.24) is 0 Å². The average molecular weight is 579 g/mol. The van der Waals surface area contributed by atoms with Crippen molar-refractivity contribution in [1.29, 1.82) is 0 Å². The first-order valence-corrected chi connectivity index (χ1v) is 16.1. The fourth-order valence-electron chi connectivity index (χ4n) is 4.16. The van der Waals surface area contributed by atoms with Crippen LogP contribution in [0.15, 0.2) is 123 Å². The zero-order valence-corrected chi connectivity index (χ0v) is 25.8. The van der Waals surface area contributed by atoms with E-state index in [2.05, 4.69) is 0 Å². The summed E-state index contributed by atoms with van der Waals surface area (Å²) in [6.45, 7) is 13.7. The molecule has 0 saturated carbocycles. The molecule has 4 aromatic carbocycles. The SMILES string of the molecule is Cc1ccc(S(=O)(=O)OS(c2ccccc2)(c2ccccc2)c2ccc(OC(C)(C)C)cc2OC(C)(C)C)cc1. The van der Waals surface area contributed by atoms with E-state index in [1.165, 1.54) is 0 Å². The predicted octanol–water partition coefficient (Wildman–Crippen LogP) is 8.95. The second-order valence-corrected chi connectivity index (χ2v) is 16.0. The molecule has 5 nitrogen and oxygen atoms in total. The van der Waals surface area contributed by atoms with Gasteiger partial charge in [-0.05, 0) is 107 Å². The summed E-state index contributed by atoms with van der Waals surface area (Å²) in [6.07, 6.45) is 0. The Balaban J connectivity index is 2.07. The van der Waals surface area contributed by atoms with Crippen molar-refractivity contribution in [3.8, 4) is 11.5 Å². The van der Waals surface area contributed by atoms with Crippen LogP contribution in [-0.4, -0.2) is 19.6 Å². The van der Waals surface area contributed by atoms with Gasteiger partial charge in [-0.25, -0.2) is 3.63 Å². The Kier molecular flexibility index (Phi) is 8.41. The van der Waals surface area contributed by atoms with Gasteiger partial charge in [0.15, 0.2) is 0 Å². The summed E-state index contributed by atoms with van der Waals surface area (Å²) < 4.78 is 47.4. The Morgan fingerprint density at radius 1 is 0.575 bits per heavy atom. The smallest absolute Gasteiger partial charge is 0.307 e. The lowest BCUT2D eigenvalue weighted by molar-refractivity contribution is 0.118. The van der Waals surface area contributed by atoms with Gasteiger partial charge >= 0.3 is 10.1 Å². The Labute approximate surface area is 240 Å². The van der Waals surface area contributed by atoms with E-state index in [0.29, 0.717) is 16.4 Å². The first-order chi connectivity index (χ1) is 18.7.